The van der Waals surface area contributed by atoms with Gasteiger partial charge in [0, 0.05) is 18.7 Å². The van der Waals surface area contributed by atoms with E-state index < -0.39 is 0 Å². The zero-order valence-corrected chi connectivity index (χ0v) is 13.0. The van der Waals surface area contributed by atoms with Gasteiger partial charge in [-0.2, -0.15) is 0 Å². The first kappa shape index (κ1) is 14.1. The van der Waals surface area contributed by atoms with Gasteiger partial charge in [-0.25, -0.2) is 4.98 Å². The number of imidazole rings is 1. The molecule has 0 aliphatic heterocycles. The van der Waals surface area contributed by atoms with Crippen LogP contribution >= 0.6 is 11.6 Å². The number of para-hydroxylation sites is 2. The van der Waals surface area contributed by atoms with Gasteiger partial charge in [-0.05, 0) is 38.4 Å². The molecule has 2 aromatic carbocycles. The predicted molar refractivity (Wildman–Crippen MR) is 88.7 cm³/mol. The lowest BCUT2D eigenvalue weighted by molar-refractivity contribution is 0.387. The largest absolute Gasteiger partial charge is 0.323 e. The van der Waals surface area contributed by atoms with Crippen LogP contribution in [0.25, 0.3) is 22.4 Å². The number of hydrogen-bond acceptors (Lipinski definition) is 2. The molecule has 21 heavy (non-hydrogen) atoms. The van der Waals surface area contributed by atoms with Gasteiger partial charge in [-0.15, -0.1) is 0 Å². The number of likely N-dealkylation sites (N-methyl/N-ethyl adjacent to an activating group) is 1. The number of fused-ring (bicyclic) bond motifs is 1. The van der Waals surface area contributed by atoms with E-state index >= 15 is 0 Å². The minimum absolute atomic E-state index is 0.735. The molecule has 0 bridgehead atoms. The van der Waals surface area contributed by atoms with Gasteiger partial charge in [0.25, 0.3) is 0 Å². The van der Waals surface area contributed by atoms with Crippen molar-refractivity contribution < 1.29 is 0 Å². The van der Waals surface area contributed by atoms with Crippen molar-refractivity contribution in [1.29, 1.82) is 0 Å². The quantitative estimate of drug-likeness (QED) is 0.728. The van der Waals surface area contributed by atoms with Crippen molar-refractivity contribution in [3.05, 3.63) is 53.6 Å². The Morgan fingerprint density at radius 3 is 2.52 bits per heavy atom. The summed E-state index contributed by atoms with van der Waals surface area (Å²) in [5.41, 5.74) is 3.13. The Balaban J connectivity index is 2.17. The molecule has 0 fully saturated rings. The average Bonchev–Trinajstić information content (AvgIpc) is 2.84. The second kappa shape index (κ2) is 5.88. The Bertz CT molecular complexity index is 762. The summed E-state index contributed by atoms with van der Waals surface area (Å²) in [6, 6.07) is 16.1. The van der Waals surface area contributed by atoms with Gasteiger partial charge in [-0.1, -0.05) is 35.9 Å². The third-order valence-electron chi connectivity index (χ3n) is 3.54. The van der Waals surface area contributed by atoms with Crippen LogP contribution in [0.2, 0.25) is 5.02 Å². The highest BCUT2D eigenvalue weighted by atomic mass is 35.5. The summed E-state index contributed by atoms with van der Waals surface area (Å²) in [6.07, 6.45) is 0. The number of halogens is 1. The number of rotatable bonds is 4. The van der Waals surface area contributed by atoms with Gasteiger partial charge >= 0.3 is 0 Å². The molecule has 4 heteroatoms. The fraction of sp³-hybridized carbons (Fsp3) is 0.235. The average molecular weight is 300 g/mol. The van der Waals surface area contributed by atoms with Crippen molar-refractivity contribution in [2.75, 3.05) is 20.6 Å². The first-order valence-corrected chi connectivity index (χ1v) is 7.39. The zero-order chi connectivity index (χ0) is 14.8. The topological polar surface area (TPSA) is 21.1 Å². The van der Waals surface area contributed by atoms with E-state index in [1.807, 2.05) is 42.5 Å². The Kier molecular flexibility index (Phi) is 3.95. The number of aromatic nitrogens is 2. The summed E-state index contributed by atoms with van der Waals surface area (Å²) in [6.45, 7) is 1.84. The Labute approximate surface area is 129 Å². The molecule has 0 aliphatic carbocycles. The highest BCUT2D eigenvalue weighted by molar-refractivity contribution is 6.33. The second-order valence-corrected chi connectivity index (χ2v) is 5.77. The molecule has 1 heterocycles. The molecule has 3 nitrogen and oxygen atoms in total. The van der Waals surface area contributed by atoms with E-state index in [-0.39, 0.29) is 0 Å². The van der Waals surface area contributed by atoms with E-state index in [9.17, 15) is 0 Å². The molecule has 0 saturated heterocycles. The van der Waals surface area contributed by atoms with Crippen LogP contribution in [-0.2, 0) is 6.54 Å². The molecule has 0 radical (unpaired) electrons. The fourth-order valence-electron chi connectivity index (χ4n) is 2.45. The molecular weight excluding hydrogens is 282 g/mol. The van der Waals surface area contributed by atoms with Crippen molar-refractivity contribution in [3.63, 3.8) is 0 Å². The van der Waals surface area contributed by atoms with Gasteiger partial charge in [-0.3, -0.25) is 0 Å². The van der Waals surface area contributed by atoms with Gasteiger partial charge in [0.05, 0.1) is 16.1 Å². The molecule has 108 valence electrons. The lowest BCUT2D eigenvalue weighted by Gasteiger charge is -2.14. The van der Waals surface area contributed by atoms with Gasteiger partial charge < -0.3 is 9.47 Å². The molecule has 0 atom stereocenters. The minimum Gasteiger partial charge on any atom is -0.323 e. The first-order chi connectivity index (χ1) is 10.2. The van der Waals surface area contributed by atoms with E-state index in [0.29, 0.717) is 0 Å². The van der Waals surface area contributed by atoms with E-state index in [1.165, 1.54) is 0 Å². The summed E-state index contributed by atoms with van der Waals surface area (Å²) < 4.78 is 2.25. The van der Waals surface area contributed by atoms with E-state index in [1.54, 1.807) is 0 Å². The summed E-state index contributed by atoms with van der Waals surface area (Å²) in [4.78, 5) is 6.95. The maximum Gasteiger partial charge on any atom is 0.142 e. The predicted octanol–water partition coefficient (Wildman–Crippen LogP) is 3.92. The van der Waals surface area contributed by atoms with E-state index in [2.05, 4.69) is 29.6 Å². The molecule has 0 unspecified atom stereocenters. The zero-order valence-electron chi connectivity index (χ0n) is 12.3. The van der Waals surface area contributed by atoms with Crippen molar-refractivity contribution in [2.45, 2.75) is 6.54 Å². The Hall–Kier alpha value is -1.84. The van der Waals surface area contributed by atoms with Crippen LogP contribution in [0, 0.1) is 0 Å². The summed E-state index contributed by atoms with van der Waals surface area (Å²) in [5, 5.41) is 0.735. The van der Waals surface area contributed by atoms with E-state index in [0.717, 1.165) is 40.5 Å². The Morgan fingerprint density at radius 1 is 1.05 bits per heavy atom. The smallest absolute Gasteiger partial charge is 0.142 e. The van der Waals surface area contributed by atoms with Gasteiger partial charge in [0.2, 0.25) is 0 Å². The first-order valence-electron chi connectivity index (χ1n) is 7.01. The molecule has 0 amide bonds. The molecule has 1 aromatic heterocycles. The van der Waals surface area contributed by atoms with Crippen molar-refractivity contribution in [3.8, 4) is 11.4 Å². The number of benzene rings is 2. The third kappa shape index (κ3) is 2.80. The van der Waals surface area contributed by atoms with Gasteiger partial charge in [0.15, 0.2) is 0 Å². The summed E-state index contributed by atoms with van der Waals surface area (Å²) >= 11 is 6.36. The molecule has 3 aromatic rings. The van der Waals surface area contributed by atoms with Crippen LogP contribution in [0.15, 0.2) is 48.5 Å². The second-order valence-electron chi connectivity index (χ2n) is 5.36. The molecule has 0 saturated carbocycles. The van der Waals surface area contributed by atoms with Crippen molar-refractivity contribution in [2.24, 2.45) is 0 Å². The summed E-state index contributed by atoms with van der Waals surface area (Å²) in [7, 11) is 4.16. The number of hydrogen-bond donors (Lipinski definition) is 0. The van der Waals surface area contributed by atoms with Crippen LogP contribution in [-0.4, -0.2) is 35.1 Å². The van der Waals surface area contributed by atoms with Crippen molar-refractivity contribution in [1.82, 2.24) is 14.5 Å². The third-order valence-corrected chi connectivity index (χ3v) is 3.87. The maximum atomic E-state index is 6.36. The molecular formula is C17H18ClN3. The minimum atomic E-state index is 0.735. The number of nitrogens with zero attached hydrogens (tertiary/aromatic N) is 3. The Morgan fingerprint density at radius 2 is 1.76 bits per heavy atom. The molecule has 3 rings (SSSR count). The fourth-order valence-corrected chi connectivity index (χ4v) is 2.67. The highest BCUT2D eigenvalue weighted by Gasteiger charge is 2.14. The maximum absolute atomic E-state index is 6.36. The van der Waals surface area contributed by atoms with Crippen LogP contribution in [0.4, 0.5) is 0 Å². The normalized spacial score (nSPS) is 11.4. The summed E-state index contributed by atoms with van der Waals surface area (Å²) in [5.74, 6) is 0.934. The lowest BCUT2D eigenvalue weighted by Crippen LogP contribution is -2.18. The molecule has 0 N–H and O–H groups in total. The highest BCUT2D eigenvalue weighted by Crippen LogP contribution is 2.30. The monoisotopic (exact) mass is 299 g/mol. The molecule has 0 aliphatic rings. The van der Waals surface area contributed by atoms with Gasteiger partial charge in [0.1, 0.15) is 5.82 Å². The lowest BCUT2D eigenvalue weighted by atomic mass is 10.2. The van der Waals surface area contributed by atoms with Crippen LogP contribution in [0.3, 0.4) is 0 Å². The van der Waals surface area contributed by atoms with Crippen LogP contribution in [0.1, 0.15) is 0 Å². The van der Waals surface area contributed by atoms with E-state index in [4.69, 9.17) is 16.6 Å². The molecule has 0 spiro atoms. The SMILES string of the molecule is CN(C)CCn1c(-c2ccccc2Cl)nc2ccccc21. The van der Waals surface area contributed by atoms with Crippen molar-refractivity contribution >= 4 is 22.6 Å². The standard InChI is InChI=1S/C17H18ClN3/c1-20(2)11-12-21-16-10-6-5-9-15(16)19-17(21)13-7-3-4-8-14(13)18/h3-10H,11-12H2,1-2H3. The van der Waals surface area contributed by atoms with Crippen LogP contribution in [0.5, 0.6) is 0 Å². The van der Waals surface area contributed by atoms with Crippen LogP contribution < -0.4 is 0 Å².